The zero-order chi connectivity index (χ0) is 17.0. The van der Waals surface area contributed by atoms with Crippen LogP contribution in [0.4, 0.5) is 35.0 Å². The molecule has 0 atom stereocenters. The summed E-state index contributed by atoms with van der Waals surface area (Å²) in [6, 6.07) is 8.41. The van der Waals surface area contributed by atoms with E-state index in [-0.39, 0.29) is 17.1 Å². The minimum atomic E-state index is -4.51. The largest absolute Gasteiger partial charge is 0.416 e. The van der Waals surface area contributed by atoms with Crippen LogP contribution in [0, 0.1) is 10.1 Å². The van der Waals surface area contributed by atoms with E-state index >= 15 is 0 Å². The number of anilines is 2. The van der Waals surface area contributed by atoms with Crippen molar-refractivity contribution in [1.29, 1.82) is 0 Å². The lowest BCUT2D eigenvalue weighted by molar-refractivity contribution is -0.384. The number of hydrogen-bond acceptors (Lipinski definition) is 3. The third-order valence-electron chi connectivity index (χ3n) is 2.78. The third-order valence-corrected chi connectivity index (χ3v) is 2.78. The fraction of sp³-hybridized carbons (Fsp3) is 0.0714. The molecule has 2 aromatic rings. The molecule has 23 heavy (non-hydrogen) atoms. The summed E-state index contributed by atoms with van der Waals surface area (Å²) in [6.45, 7) is 0. The number of rotatable bonds is 3. The Morgan fingerprint density at radius 1 is 1.00 bits per heavy atom. The maximum absolute atomic E-state index is 12.6. The van der Waals surface area contributed by atoms with Crippen molar-refractivity contribution in [3.05, 3.63) is 64.2 Å². The standard InChI is InChI=1S/C14H10F3N3O3/c15-14(16,17)9-2-1-3-11(8-9)19-13(21)18-10-4-6-12(7-5-10)20(22)23/h1-8H,(H2,18,19,21). The minimum absolute atomic E-state index is 0.0285. The maximum atomic E-state index is 12.6. The number of alkyl halides is 3. The van der Waals surface area contributed by atoms with Crippen molar-refractivity contribution < 1.29 is 22.9 Å². The topological polar surface area (TPSA) is 84.3 Å². The molecule has 0 fully saturated rings. The number of halogens is 3. The van der Waals surface area contributed by atoms with Gasteiger partial charge in [0.15, 0.2) is 0 Å². The first-order valence-corrected chi connectivity index (χ1v) is 6.25. The van der Waals surface area contributed by atoms with E-state index in [1.165, 1.54) is 36.4 Å². The molecule has 2 N–H and O–H groups in total. The van der Waals surface area contributed by atoms with Crippen LogP contribution in [0.2, 0.25) is 0 Å². The van der Waals surface area contributed by atoms with Gasteiger partial charge in [0.05, 0.1) is 10.5 Å². The molecule has 2 aromatic carbocycles. The Bertz CT molecular complexity index is 730. The molecule has 0 aliphatic rings. The number of urea groups is 1. The fourth-order valence-corrected chi connectivity index (χ4v) is 1.73. The Labute approximate surface area is 128 Å². The average Bonchev–Trinajstić information content (AvgIpc) is 2.47. The van der Waals surface area contributed by atoms with Crippen molar-refractivity contribution in [3.8, 4) is 0 Å². The average molecular weight is 325 g/mol. The quantitative estimate of drug-likeness (QED) is 0.653. The van der Waals surface area contributed by atoms with Gasteiger partial charge in [0, 0.05) is 23.5 Å². The molecular weight excluding hydrogens is 315 g/mol. The Morgan fingerprint density at radius 2 is 1.61 bits per heavy atom. The summed E-state index contributed by atoms with van der Waals surface area (Å²) in [4.78, 5) is 21.6. The number of non-ortho nitro benzene ring substituents is 1. The van der Waals surface area contributed by atoms with Gasteiger partial charge < -0.3 is 10.6 Å². The van der Waals surface area contributed by atoms with Crippen LogP contribution in [0.5, 0.6) is 0 Å². The van der Waals surface area contributed by atoms with Crippen LogP contribution < -0.4 is 10.6 Å². The first-order chi connectivity index (χ1) is 10.8. The molecule has 0 aliphatic heterocycles. The lowest BCUT2D eigenvalue weighted by atomic mass is 10.2. The predicted octanol–water partition coefficient (Wildman–Crippen LogP) is 4.26. The van der Waals surface area contributed by atoms with Crippen molar-refractivity contribution in [2.45, 2.75) is 6.18 Å². The van der Waals surface area contributed by atoms with E-state index in [2.05, 4.69) is 10.6 Å². The highest BCUT2D eigenvalue weighted by Crippen LogP contribution is 2.30. The number of carbonyl (C=O) groups excluding carboxylic acids is 1. The Balaban J connectivity index is 2.03. The van der Waals surface area contributed by atoms with Gasteiger partial charge in [-0.15, -0.1) is 0 Å². The van der Waals surface area contributed by atoms with Crippen molar-refractivity contribution >= 4 is 23.1 Å². The van der Waals surface area contributed by atoms with Crippen molar-refractivity contribution in [3.63, 3.8) is 0 Å². The highest BCUT2D eigenvalue weighted by atomic mass is 19.4. The molecule has 0 saturated carbocycles. The summed E-state index contributed by atoms with van der Waals surface area (Å²) in [5, 5.41) is 15.1. The van der Waals surface area contributed by atoms with Gasteiger partial charge in [0.1, 0.15) is 0 Å². The van der Waals surface area contributed by atoms with E-state index in [9.17, 15) is 28.1 Å². The number of nitro groups is 1. The third kappa shape index (κ3) is 4.43. The summed E-state index contributed by atoms with van der Waals surface area (Å²) >= 11 is 0. The number of benzene rings is 2. The second-order valence-electron chi connectivity index (χ2n) is 4.46. The number of nitrogens with one attached hydrogen (secondary N) is 2. The van der Waals surface area contributed by atoms with E-state index in [1.54, 1.807) is 0 Å². The monoisotopic (exact) mass is 325 g/mol. The van der Waals surface area contributed by atoms with E-state index in [4.69, 9.17) is 0 Å². The van der Waals surface area contributed by atoms with E-state index in [0.29, 0.717) is 0 Å². The SMILES string of the molecule is O=C(Nc1ccc([N+](=O)[O-])cc1)Nc1cccc(C(F)(F)F)c1. The van der Waals surface area contributed by atoms with Crippen molar-refractivity contribution in [1.82, 2.24) is 0 Å². The molecule has 6 nitrogen and oxygen atoms in total. The van der Waals surface area contributed by atoms with Crippen LogP contribution >= 0.6 is 0 Å². The summed E-state index contributed by atoms with van der Waals surface area (Å²) in [6.07, 6.45) is -4.51. The molecule has 0 bridgehead atoms. The van der Waals surface area contributed by atoms with Gasteiger partial charge in [-0.25, -0.2) is 4.79 Å². The molecule has 120 valence electrons. The van der Waals surface area contributed by atoms with Gasteiger partial charge in [-0.3, -0.25) is 10.1 Å². The normalized spacial score (nSPS) is 10.9. The molecule has 2 rings (SSSR count). The Hall–Kier alpha value is -3.10. The van der Waals surface area contributed by atoms with Crippen LogP contribution in [0.1, 0.15) is 5.56 Å². The van der Waals surface area contributed by atoms with E-state index < -0.39 is 22.7 Å². The summed E-state index contributed by atoms with van der Waals surface area (Å²) < 4.78 is 37.7. The maximum Gasteiger partial charge on any atom is 0.416 e. The van der Waals surface area contributed by atoms with Gasteiger partial charge in [0.25, 0.3) is 5.69 Å². The van der Waals surface area contributed by atoms with Gasteiger partial charge in [-0.2, -0.15) is 13.2 Å². The molecule has 0 saturated heterocycles. The van der Waals surface area contributed by atoms with Crippen LogP contribution in [0.25, 0.3) is 0 Å². The molecule has 0 heterocycles. The van der Waals surface area contributed by atoms with Gasteiger partial charge in [-0.05, 0) is 30.3 Å². The Morgan fingerprint density at radius 3 is 2.17 bits per heavy atom. The summed E-state index contributed by atoms with van der Waals surface area (Å²) in [5.74, 6) is 0. The first kappa shape index (κ1) is 16.3. The lowest BCUT2D eigenvalue weighted by Crippen LogP contribution is -2.19. The van der Waals surface area contributed by atoms with Crippen LogP contribution in [-0.4, -0.2) is 11.0 Å². The number of hydrogen-bond donors (Lipinski definition) is 2. The van der Waals surface area contributed by atoms with Gasteiger partial charge in [-0.1, -0.05) is 6.07 Å². The zero-order valence-electron chi connectivity index (χ0n) is 11.4. The van der Waals surface area contributed by atoms with Crippen molar-refractivity contribution in [2.24, 2.45) is 0 Å². The highest BCUT2D eigenvalue weighted by molar-refractivity contribution is 5.99. The molecule has 0 aromatic heterocycles. The molecule has 2 amide bonds. The van der Waals surface area contributed by atoms with Crippen molar-refractivity contribution in [2.75, 3.05) is 10.6 Å². The number of amides is 2. The lowest BCUT2D eigenvalue weighted by Gasteiger charge is -2.10. The summed E-state index contributed by atoms with van der Waals surface area (Å²) in [7, 11) is 0. The fourth-order valence-electron chi connectivity index (χ4n) is 1.73. The van der Waals surface area contributed by atoms with Gasteiger partial charge >= 0.3 is 12.2 Å². The zero-order valence-corrected chi connectivity index (χ0v) is 11.4. The molecule has 0 aliphatic carbocycles. The molecule has 0 spiro atoms. The highest BCUT2D eigenvalue weighted by Gasteiger charge is 2.30. The van der Waals surface area contributed by atoms with Gasteiger partial charge in [0.2, 0.25) is 0 Å². The second-order valence-corrected chi connectivity index (χ2v) is 4.46. The molecular formula is C14H10F3N3O3. The minimum Gasteiger partial charge on any atom is -0.308 e. The van der Waals surface area contributed by atoms with Crippen LogP contribution in [-0.2, 0) is 6.18 Å². The molecule has 0 unspecified atom stereocenters. The second kappa shape index (κ2) is 6.34. The van der Waals surface area contributed by atoms with Crippen LogP contribution in [0.15, 0.2) is 48.5 Å². The number of nitro benzene ring substituents is 1. The molecule has 0 radical (unpaired) electrons. The number of carbonyl (C=O) groups is 1. The Kier molecular flexibility index (Phi) is 4.49. The van der Waals surface area contributed by atoms with E-state index in [0.717, 1.165) is 12.1 Å². The smallest absolute Gasteiger partial charge is 0.308 e. The first-order valence-electron chi connectivity index (χ1n) is 6.25. The van der Waals surface area contributed by atoms with E-state index in [1.807, 2.05) is 0 Å². The predicted molar refractivity (Wildman–Crippen MR) is 77.2 cm³/mol. The van der Waals surface area contributed by atoms with Crippen LogP contribution in [0.3, 0.4) is 0 Å². The summed E-state index contributed by atoms with van der Waals surface area (Å²) in [5.41, 5.74) is -0.793. The number of nitrogens with zero attached hydrogens (tertiary/aromatic N) is 1. The molecule has 9 heteroatoms.